The molecule has 1 N–H and O–H groups in total. The molecule has 0 bridgehead atoms. The molecule has 6 nitrogen and oxygen atoms in total. The molecule has 0 spiro atoms. The highest BCUT2D eigenvalue weighted by Gasteiger charge is 2.20. The van der Waals surface area contributed by atoms with E-state index < -0.39 is 0 Å². The lowest BCUT2D eigenvalue weighted by atomic mass is 10.1. The Balaban J connectivity index is 1.53. The molecule has 1 amide bonds. The van der Waals surface area contributed by atoms with Crippen LogP contribution in [0.4, 0.5) is 0 Å². The molecule has 0 fully saturated rings. The van der Waals surface area contributed by atoms with Gasteiger partial charge in [0, 0.05) is 50.6 Å². The molecule has 118 valence electrons. The van der Waals surface area contributed by atoms with Crippen LogP contribution < -0.4 is 5.32 Å². The molecular formula is C16H23N5O. The van der Waals surface area contributed by atoms with E-state index in [0.29, 0.717) is 6.42 Å². The van der Waals surface area contributed by atoms with E-state index in [2.05, 4.69) is 26.9 Å². The number of aryl methyl sites for hydroxylation is 3. The van der Waals surface area contributed by atoms with Crippen molar-refractivity contribution < 1.29 is 4.79 Å². The summed E-state index contributed by atoms with van der Waals surface area (Å²) < 4.78 is 4.01. The fourth-order valence-electron chi connectivity index (χ4n) is 3.20. The maximum atomic E-state index is 12.2. The molecule has 0 unspecified atom stereocenters. The van der Waals surface area contributed by atoms with Crippen LogP contribution in [0.15, 0.2) is 12.4 Å². The molecule has 0 saturated heterocycles. The monoisotopic (exact) mass is 301 g/mol. The number of hydrogen-bond acceptors (Lipinski definition) is 3. The van der Waals surface area contributed by atoms with Crippen LogP contribution in [0.5, 0.6) is 0 Å². The van der Waals surface area contributed by atoms with E-state index in [1.807, 2.05) is 31.0 Å². The third-order valence-corrected chi connectivity index (χ3v) is 4.56. The van der Waals surface area contributed by atoms with Gasteiger partial charge < -0.3 is 9.88 Å². The van der Waals surface area contributed by atoms with Gasteiger partial charge in [-0.15, -0.1) is 0 Å². The predicted octanol–water partition coefficient (Wildman–Crippen LogP) is 1.30. The number of rotatable bonds is 4. The lowest BCUT2D eigenvalue weighted by Crippen LogP contribution is -2.41. The number of fused-ring (bicyclic) bond motifs is 1. The maximum absolute atomic E-state index is 12.2. The summed E-state index contributed by atoms with van der Waals surface area (Å²) in [6.45, 7) is 4.88. The molecule has 1 aliphatic rings. The van der Waals surface area contributed by atoms with Gasteiger partial charge in [-0.2, -0.15) is 5.10 Å². The Kier molecular flexibility index (Phi) is 4.00. The molecule has 22 heavy (non-hydrogen) atoms. The van der Waals surface area contributed by atoms with Gasteiger partial charge in [0.2, 0.25) is 5.91 Å². The summed E-state index contributed by atoms with van der Waals surface area (Å²) in [6.07, 6.45) is 6.97. The zero-order valence-corrected chi connectivity index (χ0v) is 13.5. The first-order valence-corrected chi connectivity index (χ1v) is 7.83. The summed E-state index contributed by atoms with van der Waals surface area (Å²) >= 11 is 0. The molecule has 0 aromatic carbocycles. The minimum Gasteiger partial charge on any atom is -0.352 e. The molecule has 0 aliphatic carbocycles. The third-order valence-electron chi connectivity index (χ3n) is 4.56. The average molecular weight is 301 g/mol. The quantitative estimate of drug-likeness (QED) is 0.925. The van der Waals surface area contributed by atoms with Crippen LogP contribution in [-0.4, -0.2) is 31.3 Å². The summed E-state index contributed by atoms with van der Waals surface area (Å²) in [5, 5.41) is 7.55. The van der Waals surface area contributed by atoms with E-state index in [0.717, 1.165) is 43.0 Å². The number of nitrogens with one attached hydrogen (secondary N) is 1. The predicted molar refractivity (Wildman–Crippen MR) is 83.5 cm³/mol. The van der Waals surface area contributed by atoms with Crippen LogP contribution >= 0.6 is 0 Å². The second kappa shape index (κ2) is 5.94. The fourth-order valence-corrected chi connectivity index (χ4v) is 3.20. The van der Waals surface area contributed by atoms with E-state index in [1.165, 1.54) is 5.56 Å². The summed E-state index contributed by atoms with van der Waals surface area (Å²) in [6, 6.07) is 0.213. The second-order valence-electron chi connectivity index (χ2n) is 6.07. The van der Waals surface area contributed by atoms with Crippen LogP contribution in [0.1, 0.15) is 35.6 Å². The number of amides is 1. The Morgan fingerprint density at radius 2 is 2.27 bits per heavy atom. The molecule has 2 aromatic heterocycles. The Labute approximate surface area is 130 Å². The van der Waals surface area contributed by atoms with Crippen molar-refractivity contribution in [1.82, 2.24) is 24.6 Å². The van der Waals surface area contributed by atoms with Gasteiger partial charge in [0.15, 0.2) is 0 Å². The van der Waals surface area contributed by atoms with Crippen LogP contribution in [0, 0.1) is 13.8 Å². The van der Waals surface area contributed by atoms with Crippen molar-refractivity contribution in [1.29, 1.82) is 0 Å². The molecule has 3 rings (SSSR count). The molecule has 0 saturated carbocycles. The normalized spacial score (nSPS) is 17.3. The van der Waals surface area contributed by atoms with Crippen molar-refractivity contribution in [2.75, 3.05) is 0 Å². The van der Waals surface area contributed by atoms with Gasteiger partial charge in [0.25, 0.3) is 0 Å². The Morgan fingerprint density at radius 3 is 3.00 bits per heavy atom. The largest absolute Gasteiger partial charge is 0.352 e. The topological polar surface area (TPSA) is 64.7 Å². The van der Waals surface area contributed by atoms with Crippen LogP contribution in [0.25, 0.3) is 0 Å². The SMILES string of the molecule is Cc1nn(C)c(C)c1CCC(=O)N[C@@H]1CCc2nccn2C1. The highest BCUT2D eigenvalue weighted by Crippen LogP contribution is 2.15. The molecule has 3 heterocycles. The van der Waals surface area contributed by atoms with Crippen molar-refractivity contribution in [2.45, 2.75) is 52.1 Å². The smallest absolute Gasteiger partial charge is 0.220 e. The van der Waals surface area contributed by atoms with Crippen LogP contribution in [-0.2, 0) is 31.2 Å². The standard InChI is InChI=1S/C16H23N5O/c1-11-14(12(2)20(3)19-11)5-7-16(22)18-13-4-6-15-17-8-9-21(15)10-13/h8-9,13H,4-7,10H2,1-3H3,(H,18,22)/t13-/m1/s1. The van der Waals surface area contributed by atoms with Crippen molar-refractivity contribution in [3.63, 3.8) is 0 Å². The van der Waals surface area contributed by atoms with Gasteiger partial charge in [-0.25, -0.2) is 4.98 Å². The molecule has 1 atom stereocenters. The Morgan fingerprint density at radius 1 is 1.45 bits per heavy atom. The van der Waals surface area contributed by atoms with Crippen molar-refractivity contribution in [3.05, 3.63) is 35.2 Å². The Hall–Kier alpha value is -2.11. The van der Waals surface area contributed by atoms with E-state index in [9.17, 15) is 4.79 Å². The lowest BCUT2D eigenvalue weighted by Gasteiger charge is -2.24. The summed E-state index contributed by atoms with van der Waals surface area (Å²) in [5.41, 5.74) is 3.36. The first kappa shape index (κ1) is 14.8. The van der Waals surface area contributed by atoms with Crippen LogP contribution in [0.2, 0.25) is 0 Å². The summed E-state index contributed by atoms with van der Waals surface area (Å²) in [4.78, 5) is 16.5. The van der Waals surface area contributed by atoms with Gasteiger partial charge in [-0.05, 0) is 32.3 Å². The minimum absolute atomic E-state index is 0.121. The third kappa shape index (κ3) is 2.91. The zero-order valence-electron chi connectivity index (χ0n) is 13.5. The van der Waals surface area contributed by atoms with E-state index in [4.69, 9.17) is 0 Å². The minimum atomic E-state index is 0.121. The lowest BCUT2D eigenvalue weighted by molar-refractivity contribution is -0.122. The second-order valence-corrected chi connectivity index (χ2v) is 6.07. The molecule has 6 heteroatoms. The van der Waals surface area contributed by atoms with Crippen molar-refractivity contribution in [2.24, 2.45) is 7.05 Å². The Bertz CT molecular complexity index is 685. The number of carbonyl (C=O) groups is 1. The van der Waals surface area contributed by atoms with Crippen molar-refractivity contribution >= 4 is 5.91 Å². The first-order chi connectivity index (χ1) is 10.5. The van der Waals surface area contributed by atoms with Gasteiger partial charge in [-0.3, -0.25) is 9.48 Å². The van der Waals surface area contributed by atoms with Gasteiger partial charge in [0.05, 0.1) is 5.69 Å². The van der Waals surface area contributed by atoms with E-state index in [-0.39, 0.29) is 11.9 Å². The number of nitrogens with zero attached hydrogens (tertiary/aromatic N) is 4. The summed E-state index contributed by atoms with van der Waals surface area (Å²) in [7, 11) is 1.94. The average Bonchev–Trinajstić information content (AvgIpc) is 3.02. The number of imidazole rings is 1. The molecular weight excluding hydrogens is 278 g/mol. The highest BCUT2D eigenvalue weighted by molar-refractivity contribution is 5.76. The van der Waals surface area contributed by atoms with Gasteiger partial charge in [0.1, 0.15) is 5.82 Å². The molecule has 0 radical (unpaired) electrons. The highest BCUT2D eigenvalue weighted by atomic mass is 16.1. The zero-order chi connectivity index (χ0) is 15.7. The maximum Gasteiger partial charge on any atom is 0.220 e. The van der Waals surface area contributed by atoms with Crippen LogP contribution in [0.3, 0.4) is 0 Å². The van der Waals surface area contributed by atoms with Gasteiger partial charge >= 0.3 is 0 Å². The van der Waals surface area contributed by atoms with E-state index in [1.54, 1.807) is 0 Å². The number of aromatic nitrogens is 4. The molecule has 2 aromatic rings. The molecule has 1 aliphatic heterocycles. The van der Waals surface area contributed by atoms with Gasteiger partial charge in [-0.1, -0.05) is 0 Å². The summed E-state index contributed by atoms with van der Waals surface area (Å²) in [5.74, 6) is 1.24. The van der Waals surface area contributed by atoms with E-state index >= 15 is 0 Å². The number of carbonyl (C=O) groups excluding carboxylic acids is 1. The number of hydrogen-bond donors (Lipinski definition) is 1. The first-order valence-electron chi connectivity index (χ1n) is 7.83. The van der Waals surface area contributed by atoms with Crippen molar-refractivity contribution in [3.8, 4) is 0 Å². The fraction of sp³-hybridized carbons (Fsp3) is 0.562.